The molecule has 13 heavy (non-hydrogen) atoms. The summed E-state index contributed by atoms with van der Waals surface area (Å²) in [5.74, 6) is 5.40. The maximum atomic E-state index is 7.31. The average Bonchev–Trinajstić information content (AvgIpc) is 2.14. The van der Waals surface area contributed by atoms with Gasteiger partial charge < -0.3 is 10.6 Å². The second-order valence-electron chi connectivity index (χ2n) is 2.46. The van der Waals surface area contributed by atoms with Gasteiger partial charge in [0.15, 0.2) is 0 Å². The summed E-state index contributed by atoms with van der Waals surface area (Å²) in [4.78, 5) is 7.85. The minimum absolute atomic E-state index is 0.0403. The van der Waals surface area contributed by atoms with Crippen LogP contribution in [0.3, 0.4) is 0 Å². The van der Waals surface area contributed by atoms with Crippen molar-refractivity contribution >= 4 is 12.6 Å². The molecule has 0 radical (unpaired) electrons. The van der Waals surface area contributed by atoms with Crippen LogP contribution in [0.2, 0.25) is 0 Å². The van der Waals surface area contributed by atoms with Crippen LogP contribution in [0.1, 0.15) is 13.8 Å². The zero-order chi connectivity index (χ0) is 10.4. The van der Waals surface area contributed by atoms with Crippen LogP contribution in [0.5, 0.6) is 0 Å². The molecule has 0 amide bonds. The third kappa shape index (κ3) is 3.53. The molecule has 0 aromatic carbocycles. The van der Waals surface area contributed by atoms with Crippen LogP contribution in [0.4, 0.5) is 0 Å². The van der Waals surface area contributed by atoms with Crippen LogP contribution in [0.25, 0.3) is 0 Å². The lowest BCUT2D eigenvalue weighted by Crippen LogP contribution is -2.06. The Morgan fingerprint density at radius 3 is 2.46 bits per heavy atom. The molecule has 0 aliphatic carbocycles. The molecule has 0 aliphatic rings. The molecular formula is C8H14N4O. The Balaban J connectivity index is 4.82. The highest BCUT2D eigenvalue weighted by atomic mass is 16.6. The smallest absolute Gasteiger partial charge is 0.148 e. The van der Waals surface area contributed by atoms with E-state index in [0.29, 0.717) is 17.0 Å². The van der Waals surface area contributed by atoms with Crippen molar-refractivity contribution in [2.45, 2.75) is 13.8 Å². The molecule has 0 unspecified atom stereocenters. The number of allylic oxidation sites excluding steroid dienone is 2. The van der Waals surface area contributed by atoms with Crippen molar-refractivity contribution in [1.82, 2.24) is 0 Å². The third-order valence-electron chi connectivity index (χ3n) is 1.49. The number of nitrogens with zero attached hydrogens (tertiary/aromatic N) is 1. The van der Waals surface area contributed by atoms with Gasteiger partial charge in [-0.15, -0.1) is 0 Å². The average molecular weight is 182 g/mol. The zero-order valence-electron chi connectivity index (χ0n) is 7.79. The maximum absolute atomic E-state index is 7.31. The van der Waals surface area contributed by atoms with Crippen molar-refractivity contribution in [3.05, 3.63) is 23.1 Å². The van der Waals surface area contributed by atoms with Crippen LogP contribution in [-0.2, 0) is 4.84 Å². The molecule has 0 atom stereocenters. The molecule has 0 aliphatic heterocycles. The highest BCUT2D eigenvalue weighted by molar-refractivity contribution is 5.98. The molecule has 0 aromatic heterocycles. The quantitative estimate of drug-likeness (QED) is 0.197. The van der Waals surface area contributed by atoms with E-state index in [9.17, 15) is 0 Å². The first kappa shape index (κ1) is 11.4. The van der Waals surface area contributed by atoms with E-state index in [-0.39, 0.29) is 5.84 Å². The lowest BCUT2D eigenvalue weighted by atomic mass is 10.2. The normalized spacial score (nSPS) is 13.3. The predicted molar refractivity (Wildman–Crippen MR) is 53.2 cm³/mol. The third-order valence-corrected chi connectivity index (χ3v) is 1.49. The number of hydrogen-bond acceptors (Lipinski definition) is 4. The lowest BCUT2D eigenvalue weighted by molar-refractivity contribution is 0.222. The van der Waals surface area contributed by atoms with Crippen LogP contribution >= 0.6 is 0 Å². The minimum atomic E-state index is 0.0403. The van der Waals surface area contributed by atoms with E-state index in [0.717, 1.165) is 0 Å². The first-order chi connectivity index (χ1) is 6.02. The lowest BCUT2D eigenvalue weighted by Gasteiger charge is -2.02. The van der Waals surface area contributed by atoms with Gasteiger partial charge in [0.05, 0.1) is 0 Å². The van der Waals surface area contributed by atoms with Gasteiger partial charge in [-0.3, -0.25) is 5.41 Å². The SMILES string of the molecule is C=NC(=N)C(C)=C(N)/C=C(\C)ON. The van der Waals surface area contributed by atoms with Gasteiger partial charge in [-0.2, -0.15) is 5.90 Å². The van der Waals surface area contributed by atoms with Crippen molar-refractivity contribution in [3.63, 3.8) is 0 Å². The fourth-order valence-electron chi connectivity index (χ4n) is 0.617. The van der Waals surface area contributed by atoms with E-state index in [4.69, 9.17) is 17.0 Å². The summed E-state index contributed by atoms with van der Waals surface area (Å²) in [5, 5.41) is 7.31. The highest BCUT2D eigenvalue weighted by Gasteiger charge is 2.00. The van der Waals surface area contributed by atoms with Crippen LogP contribution in [0.15, 0.2) is 28.1 Å². The van der Waals surface area contributed by atoms with Crippen molar-refractivity contribution in [2.75, 3.05) is 0 Å². The Labute approximate surface area is 77.2 Å². The van der Waals surface area contributed by atoms with Gasteiger partial charge in [0, 0.05) is 17.3 Å². The van der Waals surface area contributed by atoms with Gasteiger partial charge in [0.1, 0.15) is 11.6 Å². The molecular weight excluding hydrogens is 168 g/mol. The summed E-state index contributed by atoms with van der Waals surface area (Å²) in [6.45, 7) is 6.55. The van der Waals surface area contributed by atoms with E-state index in [1.54, 1.807) is 13.8 Å². The zero-order valence-corrected chi connectivity index (χ0v) is 7.79. The summed E-state index contributed by atoms with van der Waals surface area (Å²) in [7, 11) is 0. The molecule has 5 nitrogen and oxygen atoms in total. The summed E-state index contributed by atoms with van der Waals surface area (Å²) >= 11 is 0. The predicted octanol–water partition coefficient (Wildman–Crippen LogP) is 0.691. The molecule has 0 saturated carbocycles. The van der Waals surface area contributed by atoms with E-state index in [1.807, 2.05) is 0 Å². The van der Waals surface area contributed by atoms with Gasteiger partial charge in [0.25, 0.3) is 0 Å². The molecule has 5 heteroatoms. The molecule has 0 bridgehead atoms. The Kier molecular flexibility index (Phi) is 4.47. The molecule has 0 saturated heterocycles. The molecule has 0 spiro atoms. The number of hydrogen-bond donors (Lipinski definition) is 3. The van der Waals surface area contributed by atoms with E-state index < -0.39 is 0 Å². The van der Waals surface area contributed by atoms with Crippen molar-refractivity contribution < 1.29 is 4.84 Å². The van der Waals surface area contributed by atoms with Gasteiger partial charge in [0.2, 0.25) is 0 Å². The minimum Gasteiger partial charge on any atom is -0.416 e. The number of nitrogens with two attached hydrogens (primary N) is 2. The highest BCUT2D eigenvalue weighted by Crippen LogP contribution is 2.04. The van der Waals surface area contributed by atoms with E-state index in [2.05, 4.69) is 16.5 Å². The molecule has 0 heterocycles. The first-order valence-electron chi connectivity index (χ1n) is 3.60. The summed E-state index contributed by atoms with van der Waals surface area (Å²) in [5.41, 5.74) is 6.53. The molecule has 0 rings (SSSR count). The van der Waals surface area contributed by atoms with Gasteiger partial charge in [-0.05, 0) is 20.6 Å². The Bertz CT molecular complexity index is 278. The Morgan fingerprint density at radius 2 is 2.08 bits per heavy atom. The second-order valence-corrected chi connectivity index (χ2v) is 2.46. The Morgan fingerprint density at radius 1 is 1.54 bits per heavy atom. The van der Waals surface area contributed by atoms with Crippen LogP contribution < -0.4 is 11.6 Å². The van der Waals surface area contributed by atoms with Crippen LogP contribution in [0, 0.1) is 5.41 Å². The largest absolute Gasteiger partial charge is 0.416 e. The summed E-state index contributed by atoms with van der Waals surface area (Å²) in [6, 6.07) is 0. The maximum Gasteiger partial charge on any atom is 0.148 e. The number of nitrogens with one attached hydrogen (secondary N) is 1. The number of rotatable bonds is 3. The standard InChI is InChI=1S/C8H14N4O/c1-5(13-11)4-7(9)6(2)8(10)12-3/h4,10H,3,9,11H2,1-2H3/b5-4+,7-6?,10-8?. The summed E-state index contributed by atoms with van der Waals surface area (Å²) in [6.07, 6.45) is 1.52. The van der Waals surface area contributed by atoms with Gasteiger partial charge in [-0.1, -0.05) is 0 Å². The molecule has 72 valence electrons. The van der Waals surface area contributed by atoms with Crippen molar-refractivity contribution in [3.8, 4) is 0 Å². The van der Waals surface area contributed by atoms with Crippen molar-refractivity contribution in [1.29, 1.82) is 5.41 Å². The number of amidine groups is 1. The fourth-order valence-corrected chi connectivity index (χ4v) is 0.617. The van der Waals surface area contributed by atoms with Gasteiger partial charge >= 0.3 is 0 Å². The topological polar surface area (TPSA) is 97.5 Å². The number of aliphatic imine (C=N–C) groups is 1. The van der Waals surface area contributed by atoms with Crippen molar-refractivity contribution in [2.24, 2.45) is 16.6 Å². The Hall–Kier alpha value is -1.62. The van der Waals surface area contributed by atoms with E-state index >= 15 is 0 Å². The monoisotopic (exact) mass is 182 g/mol. The molecule has 5 N–H and O–H groups in total. The van der Waals surface area contributed by atoms with E-state index in [1.165, 1.54) is 6.08 Å². The fraction of sp³-hybridized carbons (Fsp3) is 0.250. The molecule has 0 fully saturated rings. The van der Waals surface area contributed by atoms with Gasteiger partial charge in [-0.25, -0.2) is 4.99 Å². The first-order valence-corrected chi connectivity index (χ1v) is 3.60. The second kappa shape index (κ2) is 5.10. The molecule has 0 aromatic rings. The van der Waals surface area contributed by atoms with Crippen LogP contribution in [-0.4, -0.2) is 12.6 Å². The summed E-state index contributed by atoms with van der Waals surface area (Å²) < 4.78 is 0.